The van der Waals surface area contributed by atoms with Crippen molar-refractivity contribution in [2.45, 2.75) is 6.10 Å². The number of aryl methyl sites for hydroxylation is 1. The van der Waals surface area contributed by atoms with Crippen molar-refractivity contribution in [2.24, 2.45) is 7.05 Å². The molecule has 0 fully saturated rings. The van der Waals surface area contributed by atoms with Gasteiger partial charge in [0, 0.05) is 18.0 Å². The number of carboxylic acids is 1. The number of benzene rings is 1. The highest BCUT2D eigenvalue weighted by Gasteiger charge is 2.21. The molecule has 1 aromatic carbocycles. The highest BCUT2D eigenvalue weighted by molar-refractivity contribution is 6.34. The molecule has 1 unspecified atom stereocenters. The third-order valence-corrected chi connectivity index (χ3v) is 2.66. The SMILES string of the molecule is Cn1nc(Cl)c2c(C(O)C(=O)O)cccc21. The minimum absolute atomic E-state index is 0.188. The molecule has 84 valence electrons. The molecule has 0 amide bonds. The summed E-state index contributed by atoms with van der Waals surface area (Å²) in [5, 5.41) is 22.9. The van der Waals surface area contributed by atoms with Gasteiger partial charge in [-0.2, -0.15) is 5.10 Å². The first-order chi connectivity index (χ1) is 7.52. The minimum Gasteiger partial charge on any atom is -0.479 e. The van der Waals surface area contributed by atoms with Crippen molar-refractivity contribution in [1.29, 1.82) is 0 Å². The average molecular weight is 241 g/mol. The van der Waals surface area contributed by atoms with Gasteiger partial charge in [-0.25, -0.2) is 4.79 Å². The van der Waals surface area contributed by atoms with E-state index in [4.69, 9.17) is 16.7 Å². The quantitative estimate of drug-likeness (QED) is 0.831. The molecular formula is C10H9ClN2O3. The molecule has 2 N–H and O–H groups in total. The Balaban J connectivity index is 2.75. The van der Waals surface area contributed by atoms with Crippen molar-refractivity contribution in [3.63, 3.8) is 0 Å². The molecular weight excluding hydrogens is 232 g/mol. The Bertz CT molecular complexity index is 564. The highest BCUT2D eigenvalue weighted by Crippen LogP contribution is 2.29. The van der Waals surface area contributed by atoms with Crippen LogP contribution in [0.4, 0.5) is 0 Å². The summed E-state index contributed by atoms with van der Waals surface area (Å²) >= 11 is 5.90. The third-order valence-electron chi connectivity index (χ3n) is 2.40. The first kappa shape index (κ1) is 10.9. The van der Waals surface area contributed by atoms with E-state index in [0.717, 1.165) is 0 Å². The van der Waals surface area contributed by atoms with E-state index >= 15 is 0 Å². The van der Waals surface area contributed by atoms with E-state index < -0.39 is 12.1 Å². The molecule has 0 saturated carbocycles. The normalized spacial score (nSPS) is 12.9. The summed E-state index contributed by atoms with van der Waals surface area (Å²) in [6.07, 6.45) is -1.59. The fourth-order valence-electron chi connectivity index (χ4n) is 1.65. The van der Waals surface area contributed by atoms with E-state index in [1.807, 2.05) is 0 Å². The number of aromatic nitrogens is 2. The molecule has 16 heavy (non-hydrogen) atoms. The summed E-state index contributed by atoms with van der Waals surface area (Å²) in [4.78, 5) is 10.7. The van der Waals surface area contributed by atoms with E-state index in [-0.39, 0.29) is 10.7 Å². The van der Waals surface area contributed by atoms with Crippen LogP contribution in [0, 0.1) is 0 Å². The topological polar surface area (TPSA) is 75.3 Å². The number of carboxylic acid groups (broad SMARTS) is 1. The molecule has 2 rings (SSSR count). The molecule has 0 aliphatic carbocycles. The maximum Gasteiger partial charge on any atom is 0.337 e. The maximum absolute atomic E-state index is 10.7. The van der Waals surface area contributed by atoms with Crippen LogP contribution in [0.2, 0.25) is 5.15 Å². The molecule has 1 aromatic heterocycles. The standard InChI is InChI=1S/C10H9ClN2O3/c1-13-6-4-2-3-5(8(14)10(15)16)7(6)9(11)12-13/h2-4,8,14H,1H3,(H,15,16). The predicted octanol–water partition coefficient (Wildman–Crippen LogP) is 1.34. The lowest BCUT2D eigenvalue weighted by atomic mass is 10.1. The van der Waals surface area contributed by atoms with Crippen molar-refractivity contribution in [1.82, 2.24) is 9.78 Å². The molecule has 0 spiro atoms. The van der Waals surface area contributed by atoms with Crippen molar-refractivity contribution in [3.8, 4) is 0 Å². The molecule has 0 saturated heterocycles. The van der Waals surface area contributed by atoms with Gasteiger partial charge < -0.3 is 10.2 Å². The van der Waals surface area contributed by atoms with Gasteiger partial charge in [0.05, 0.1) is 5.52 Å². The first-order valence-electron chi connectivity index (χ1n) is 4.54. The summed E-state index contributed by atoms with van der Waals surface area (Å²) in [5.74, 6) is -1.31. The van der Waals surface area contributed by atoms with Crippen LogP contribution in [0.15, 0.2) is 18.2 Å². The number of hydrogen-bond acceptors (Lipinski definition) is 3. The van der Waals surface area contributed by atoms with Gasteiger partial charge in [-0.3, -0.25) is 4.68 Å². The number of aliphatic hydroxyl groups is 1. The fourth-order valence-corrected chi connectivity index (χ4v) is 1.97. The number of hydrogen-bond donors (Lipinski definition) is 2. The van der Waals surface area contributed by atoms with Gasteiger partial charge in [-0.1, -0.05) is 23.7 Å². The Morgan fingerprint density at radius 1 is 1.56 bits per heavy atom. The summed E-state index contributed by atoms with van der Waals surface area (Å²) in [5.41, 5.74) is 0.936. The second-order valence-electron chi connectivity index (χ2n) is 3.40. The summed E-state index contributed by atoms with van der Waals surface area (Å²) in [6.45, 7) is 0. The van der Waals surface area contributed by atoms with Crippen LogP contribution >= 0.6 is 11.6 Å². The predicted molar refractivity (Wildman–Crippen MR) is 58.3 cm³/mol. The third kappa shape index (κ3) is 1.54. The smallest absolute Gasteiger partial charge is 0.337 e. The van der Waals surface area contributed by atoms with Crippen LogP contribution in [-0.4, -0.2) is 26.0 Å². The van der Waals surface area contributed by atoms with Gasteiger partial charge >= 0.3 is 5.97 Å². The Hall–Kier alpha value is -1.59. The van der Waals surface area contributed by atoms with Gasteiger partial charge in [-0.15, -0.1) is 0 Å². The lowest BCUT2D eigenvalue weighted by molar-refractivity contribution is -0.146. The Kier molecular flexibility index (Phi) is 2.57. The van der Waals surface area contributed by atoms with Crippen LogP contribution < -0.4 is 0 Å². The van der Waals surface area contributed by atoms with Crippen molar-refractivity contribution in [2.75, 3.05) is 0 Å². The number of aliphatic carboxylic acids is 1. The number of nitrogens with zero attached hydrogens (tertiary/aromatic N) is 2. The number of fused-ring (bicyclic) bond motifs is 1. The van der Waals surface area contributed by atoms with Crippen LogP contribution in [0.25, 0.3) is 10.9 Å². The Labute approximate surface area is 95.9 Å². The zero-order chi connectivity index (χ0) is 11.9. The number of carbonyl (C=O) groups is 1. The second-order valence-corrected chi connectivity index (χ2v) is 3.75. The zero-order valence-electron chi connectivity index (χ0n) is 8.38. The van der Waals surface area contributed by atoms with Crippen molar-refractivity contribution in [3.05, 3.63) is 28.9 Å². The maximum atomic E-state index is 10.7. The van der Waals surface area contributed by atoms with E-state index in [9.17, 15) is 9.90 Å². The molecule has 1 atom stereocenters. The van der Waals surface area contributed by atoms with Gasteiger partial charge in [0.2, 0.25) is 0 Å². The van der Waals surface area contributed by atoms with Crippen molar-refractivity contribution < 1.29 is 15.0 Å². The molecule has 0 bridgehead atoms. The highest BCUT2D eigenvalue weighted by atomic mass is 35.5. The first-order valence-corrected chi connectivity index (χ1v) is 4.92. The molecule has 0 aliphatic heterocycles. The summed E-state index contributed by atoms with van der Waals surface area (Å²) < 4.78 is 1.54. The van der Waals surface area contributed by atoms with Gasteiger partial charge in [0.15, 0.2) is 11.3 Å². The summed E-state index contributed by atoms with van der Waals surface area (Å²) in [7, 11) is 1.70. The number of rotatable bonds is 2. The van der Waals surface area contributed by atoms with E-state index in [2.05, 4.69) is 5.10 Å². The Morgan fingerprint density at radius 2 is 2.25 bits per heavy atom. The zero-order valence-corrected chi connectivity index (χ0v) is 9.14. The lowest BCUT2D eigenvalue weighted by Crippen LogP contribution is -2.10. The minimum atomic E-state index is -1.59. The molecule has 1 heterocycles. The fraction of sp³-hybridized carbons (Fsp3) is 0.200. The molecule has 0 radical (unpaired) electrons. The number of halogens is 1. The van der Waals surface area contributed by atoms with Gasteiger partial charge in [0.1, 0.15) is 0 Å². The van der Waals surface area contributed by atoms with Gasteiger partial charge in [-0.05, 0) is 6.07 Å². The van der Waals surface area contributed by atoms with E-state index in [1.165, 1.54) is 10.7 Å². The largest absolute Gasteiger partial charge is 0.479 e. The van der Waals surface area contributed by atoms with Crippen LogP contribution in [-0.2, 0) is 11.8 Å². The molecule has 6 heteroatoms. The van der Waals surface area contributed by atoms with Crippen LogP contribution in [0.5, 0.6) is 0 Å². The van der Waals surface area contributed by atoms with E-state index in [0.29, 0.717) is 10.9 Å². The summed E-state index contributed by atoms with van der Waals surface area (Å²) in [6, 6.07) is 4.93. The Morgan fingerprint density at radius 3 is 2.88 bits per heavy atom. The van der Waals surface area contributed by atoms with Crippen LogP contribution in [0.3, 0.4) is 0 Å². The van der Waals surface area contributed by atoms with Crippen LogP contribution in [0.1, 0.15) is 11.7 Å². The average Bonchev–Trinajstić information content (AvgIpc) is 2.54. The van der Waals surface area contributed by atoms with Gasteiger partial charge in [0.25, 0.3) is 0 Å². The molecule has 2 aromatic rings. The second kappa shape index (κ2) is 3.77. The monoisotopic (exact) mass is 240 g/mol. The van der Waals surface area contributed by atoms with Crippen molar-refractivity contribution >= 4 is 28.5 Å². The van der Waals surface area contributed by atoms with E-state index in [1.54, 1.807) is 19.2 Å². The molecule has 0 aliphatic rings. The number of aliphatic hydroxyl groups excluding tert-OH is 1. The molecule has 5 nitrogen and oxygen atoms in total. The lowest BCUT2D eigenvalue weighted by Gasteiger charge is -2.07.